The molecule has 0 aliphatic carbocycles. The zero-order chi connectivity index (χ0) is 23.0. The summed E-state index contributed by atoms with van der Waals surface area (Å²) in [4.78, 5) is 11.7. The second-order valence-corrected chi connectivity index (χ2v) is 10.8. The molecule has 0 aromatic heterocycles. The molecule has 5 N–H and O–H groups in total. The Balaban J connectivity index is 1.88. The predicted molar refractivity (Wildman–Crippen MR) is 121 cm³/mol. The number of hydrogen-bond acceptors (Lipinski definition) is 7. The van der Waals surface area contributed by atoms with Gasteiger partial charge in [-0.15, -0.1) is 0 Å². The molecular weight excluding hydrogens is 513 g/mol. The third kappa shape index (κ3) is 5.32. The maximum atomic E-state index is 13.0. The molecule has 168 valence electrons. The molecule has 9 nitrogen and oxygen atoms in total. The first-order chi connectivity index (χ1) is 14.4. The van der Waals surface area contributed by atoms with Crippen LogP contribution in [0.1, 0.15) is 0 Å². The third-order valence-corrected chi connectivity index (χ3v) is 8.33. The molecule has 2 aromatic rings. The first kappa shape index (κ1) is 24.2. The van der Waals surface area contributed by atoms with Crippen molar-refractivity contribution in [2.75, 3.05) is 29.5 Å². The highest BCUT2D eigenvalue weighted by atomic mass is 35.5. The summed E-state index contributed by atoms with van der Waals surface area (Å²) in [5.41, 5.74) is -0.0507. The second-order valence-electron chi connectivity index (χ2n) is 6.38. The van der Waals surface area contributed by atoms with Gasteiger partial charge in [0.05, 0.1) is 33.0 Å². The van der Waals surface area contributed by atoms with Gasteiger partial charge >= 0.3 is 6.03 Å². The Kier molecular flexibility index (Phi) is 7.18. The Hall–Kier alpha value is -1.44. The fraction of sp³-hybridized carbons (Fsp3) is 0.235. The standard InChI is InChI=1S/C17H16Cl3N3O6S2/c18-9-2-1-3-11(13(9)20)21-16(25)22-12-5-4-10(19)15(14(12)24)31(28,29)23-6-7-30-17(26,27)8-23/h1-5,24,26-27H,6-8H2,(H2,21,22,25). The van der Waals surface area contributed by atoms with Crippen molar-refractivity contribution in [2.45, 2.75) is 10.0 Å². The van der Waals surface area contributed by atoms with Gasteiger partial charge in [-0.25, -0.2) is 13.2 Å². The van der Waals surface area contributed by atoms with Crippen LogP contribution in [0.25, 0.3) is 0 Å². The number of phenolic OH excluding ortho intramolecular Hbond substituents is 1. The summed E-state index contributed by atoms with van der Waals surface area (Å²) in [7, 11) is -4.42. The number of nitrogens with zero attached hydrogens (tertiary/aromatic N) is 1. The number of benzene rings is 2. The van der Waals surface area contributed by atoms with Crippen molar-refractivity contribution in [1.82, 2.24) is 4.31 Å². The molecule has 1 aliphatic rings. The minimum atomic E-state index is -4.42. The van der Waals surface area contributed by atoms with Gasteiger partial charge in [0.2, 0.25) is 15.1 Å². The third-order valence-electron chi connectivity index (χ3n) is 4.19. The van der Waals surface area contributed by atoms with Crippen molar-refractivity contribution in [3.8, 4) is 5.75 Å². The van der Waals surface area contributed by atoms with E-state index in [4.69, 9.17) is 34.8 Å². The molecule has 2 amide bonds. The largest absolute Gasteiger partial charge is 0.504 e. The van der Waals surface area contributed by atoms with E-state index in [1.54, 1.807) is 6.07 Å². The summed E-state index contributed by atoms with van der Waals surface area (Å²) < 4.78 is 26.8. The lowest BCUT2D eigenvalue weighted by molar-refractivity contribution is -0.0873. The van der Waals surface area contributed by atoms with E-state index in [1.165, 1.54) is 24.3 Å². The number of rotatable bonds is 4. The molecule has 14 heteroatoms. The van der Waals surface area contributed by atoms with E-state index >= 15 is 0 Å². The van der Waals surface area contributed by atoms with Crippen molar-refractivity contribution >= 4 is 74.0 Å². The van der Waals surface area contributed by atoms with E-state index in [0.29, 0.717) is 0 Å². The molecule has 0 radical (unpaired) electrons. The molecule has 1 saturated heterocycles. The number of sulfonamides is 1. The second kappa shape index (κ2) is 9.20. The lowest BCUT2D eigenvalue weighted by Crippen LogP contribution is -2.48. The van der Waals surface area contributed by atoms with Gasteiger partial charge in [0.15, 0.2) is 5.75 Å². The van der Waals surface area contributed by atoms with E-state index < -0.39 is 38.4 Å². The average molecular weight is 529 g/mol. The quantitative estimate of drug-likeness (QED) is 0.303. The molecule has 0 saturated carbocycles. The summed E-state index contributed by atoms with van der Waals surface area (Å²) >= 11 is 18.7. The molecule has 1 fully saturated rings. The van der Waals surface area contributed by atoms with Crippen LogP contribution in [0.4, 0.5) is 16.2 Å². The molecule has 1 heterocycles. The van der Waals surface area contributed by atoms with Gasteiger partial charge in [0.1, 0.15) is 4.90 Å². The van der Waals surface area contributed by atoms with Crippen LogP contribution in [0.2, 0.25) is 15.1 Å². The van der Waals surface area contributed by atoms with Crippen molar-refractivity contribution in [3.63, 3.8) is 0 Å². The Labute approximate surface area is 197 Å². The van der Waals surface area contributed by atoms with E-state index in [9.17, 15) is 28.5 Å². The van der Waals surface area contributed by atoms with E-state index in [1.807, 2.05) is 0 Å². The number of aromatic hydroxyl groups is 1. The summed E-state index contributed by atoms with van der Waals surface area (Å²) in [5.74, 6) is -0.690. The first-order valence-electron chi connectivity index (χ1n) is 8.55. The molecule has 0 bridgehead atoms. The lowest BCUT2D eigenvalue weighted by atomic mass is 10.3. The molecule has 31 heavy (non-hydrogen) atoms. The zero-order valence-electron chi connectivity index (χ0n) is 15.5. The average Bonchev–Trinajstić information content (AvgIpc) is 2.67. The minimum Gasteiger partial charge on any atom is -0.504 e. The van der Waals surface area contributed by atoms with Gasteiger partial charge in [0.25, 0.3) is 0 Å². The smallest absolute Gasteiger partial charge is 0.323 e. The fourth-order valence-electron chi connectivity index (χ4n) is 2.77. The summed E-state index contributed by atoms with van der Waals surface area (Å²) in [5, 5.41) is 32.6. The first-order valence-corrected chi connectivity index (χ1v) is 12.1. The summed E-state index contributed by atoms with van der Waals surface area (Å²) in [6.07, 6.45) is 0. The normalized spacial score (nSPS) is 16.7. The molecule has 0 spiro atoms. The van der Waals surface area contributed by atoms with Crippen LogP contribution in [-0.2, 0) is 10.0 Å². The number of β-amino-alcohol motifs (C(OH)–C–C–N with tert-alkyl or cyclic N) is 2. The minimum absolute atomic E-state index is 0.0307. The summed E-state index contributed by atoms with van der Waals surface area (Å²) in [6.45, 7) is -0.655. The van der Waals surface area contributed by atoms with Crippen LogP contribution in [0, 0.1) is 0 Å². The van der Waals surface area contributed by atoms with Crippen molar-refractivity contribution < 1.29 is 28.5 Å². The highest BCUT2D eigenvalue weighted by Gasteiger charge is 2.40. The van der Waals surface area contributed by atoms with Gasteiger partial charge in [-0.2, -0.15) is 4.31 Å². The molecule has 0 unspecified atom stereocenters. The van der Waals surface area contributed by atoms with Crippen LogP contribution in [0.5, 0.6) is 5.75 Å². The van der Waals surface area contributed by atoms with Gasteiger partial charge in [-0.05, 0) is 24.3 Å². The van der Waals surface area contributed by atoms with E-state index in [2.05, 4.69) is 10.6 Å². The molecule has 2 aromatic carbocycles. The molecular formula is C17H16Cl3N3O6S2. The van der Waals surface area contributed by atoms with E-state index in [0.717, 1.165) is 16.1 Å². The molecule has 3 rings (SSSR count). The topological polar surface area (TPSA) is 139 Å². The summed E-state index contributed by atoms with van der Waals surface area (Å²) in [6, 6.07) is 6.15. The van der Waals surface area contributed by atoms with Crippen molar-refractivity contribution in [2.24, 2.45) is 0 Å². The maximum absolute atomic E-state index is 13.0. The number of urea groups is 1. The Morgan fingerprint density at radius 3 is 2.42 bits per heavy atom. The number of hydrogen-bond donors (Lipinski definition) is 5. The Morgan fingerprint density at radius 1 is 1.06 bits per heavy atom. The van der Waals surface area contributed by atoms with Crippen LogP contribution >= 0.6 is 46.6 Å². The number of carbonyl (C=O) groups is 1. The Bertz CT molecular complexity index is 1130. The lowest BCUT2D eigenvalue weighted by Gasteiger charge is -2.34. The van der Waals surface area contributed by atoms with Gasteiger partial charge < -0.3 is 26.0 Å². The maximum Gasteiger partial charge on any atom is 0.323 e. The number of halogens is 3. The number of thioether (sulfide) groups is 1. The molecule has 1 aliphatic heterocycles. The number of amides is 2. The highest BCUT2D eigenvalue weighted by molar-refractivity contribution is 8.00. The van der Waals surface area contributed by atoms with Crippen LogP contribution in [0.3, 0.4) is 0 Å². The SMILES string of the molecule is O=C(Nc1ccc(Cl)c(S(=O)(=O)N2CCSC(O)(O)C2)c1O)Nc1cccc(Cl)c1Cl. The van der Waals surface area contributed by atoms with Gasteiger partial charge in [-0.1, -0.05) is 52.6 Å². The predicted octanol–water partition coefficient (Wildman–Crippen LogP) is 3.37. The molecule has 0 atom stereocenters. The van der Waals surface area contributed by atoms with Gasteiger partial charge in [0, 0.05) is 12.3 Å². The number of nitrogens with one attached hydrogen (secondary N) is 2. The van der Waals surface area contributed by atoms with Crippen LogP contribution in [0.15, 0.2) is 35.2 Å². The Morgan fingerprint density at radius 2 is 1.74 bits per heavy atom. The fourth-order valence-corrected chi connectivity index (χ4v) is 6.25. The number of aliphatic hydroxyl groups is 2. The number of carbonyl (C=O) groups excluding carboxylic acids is 1. The van der Waals surface area contributed by atoms with E-state index in [-0.39, 0.29) is 38.7 Å². The number of phenols is 1. The number of anilines is 2. The van der Waals surface area contributed by atoms with Crippen molar-refractivity contribution in [1.29, 1.82) is 0 Å². The van der Waals surface area contributed by atoms with Gasteiger partial charge in [-0.3, -0.25) is 0 Å². The zero-order valence-corrected chi connectivity index (χ0v) is 19.4. The highest BCUT2D eigenvalue weighted by Crippen LogP contribution is 2.40. The monoisotopic (exact) mass is 527 g/mol. The van der Waals surface area contributed by atoms with Crippen molar-refractivity contribution in [3.05, 3.63) is 45.4 Å². The van der Waals surface area contributed by atoms with Crippen LogP contribution < -0.4 is 10.6 Å². The van der Waals surface area contributed by atoms with Crippen LogP contribution in [-0.4, -0.2) is 58.0 Å².